The first-order valence-electron chi connectivity index (χ1n) is 6.76. The van der Waals surface area contributed by atoms with Gasteiger partial charge in [0.05, 0.1) is 6.10 Å². The first kappa shape index (κ1) is 12.6. The second-order valence-corrected chi connectivity index (χ2v) is 5.19. The van der Waals surface area contributed by atoms with Gasteiger partial charge < -0.3 is 10.8 Å². The molecule has 1 unspecified atom stereocenters. The van der Waals surface area contributed by atoms with Crippen molar-refractivity contribution in [1.29, 1.82) is 0 Å². The highest BCUT2D eigenvalue weighted by molar-refractivity contribution is 5.25. The molecule has 1 aliphatic carbocycles. The Morgan fingerprint density at radius 3 is 2.76 bits per heavy atom. The number of aliphatic hydroxyl groups is 1. The van der Waals surface area contributed by atoms with Crippen LogP contribution in [-0.2, 0) is 6.42 Å². The summed E-state index contributed by atoms with van der Waals surface area (Å²) < 4.78 is 0. The van der Waals surface area contributed by atoms with Crippen molar-refractivity contribution >= 4 is 0 Å². The van der Waals surface area contributed by atoms with Crippen LogP contribution in [0, 0.1) is 5.92 Å². The Morgan fingerprint density at radius 1 is 1.29 bits per heavy atom. The van der Waals surface area contributed by atoms with E-state index in [4.69, 9.17) is 5.73 Å². The van der Waals surface area contributed by atoms with E-state index in [1.165, 1.54) is 37.7 Å². The van der Waals surface area contributed by atoms with Gasteiger partial charge in [0.2, 0.25) is 0 Å². The Balaban J connectivity index is 2.00. The molecule has 0 aliphatic heterocycles. The lowest BCUT2D eigenvalue weighted by molar-refractivity contribution is 0.170. The second kappa shape index (κ2) is 6.18. The van der Waals surface area contributed by atoms with Crippen LogP contribution in [0.5, 0.6) is 0 Å². The summed E-state index contributed by atoms with van der Waals surface area (Å²) in [7, 11) is 0. The quantitative estimate of drug-likeness (QED) is 0.821. The van der Waals surface area contributed by atoms with E-state index >= 15 is 0 Å². The average molecular weight is 233 g/mol. The maximum atomic E-state index is 9.93. The van der Waals surface area contributed by atoms with Gasteiger partial charge in [0.1, 0.15) is 0 Å². The summed E-state index contributed by atoms with van der Waals surface area (Å²) in [6, 6.07) is 8.38. The fourth-order valence-corrected chi connectivity index (χ4v) is 2.80. The van der Waals surface area contributed by atoms with Gasteiger partial charge in [-0.15, -0.1) is 0 Å². The second-order valence-electron chi connectivity index (χ2n) is 5.19. The summed E-state index contributed by atoms with van der Waals surface area (Å²) in [4.78, 5) is 0. The lowest BCUT2D eigenvalue weighted by atomic mass is 9.95. The minimum absolute atomic E-state index is 0.400. The van der Waals surface area contributed by atoms with Crippen LogP contribution in [0.2, 0.25) is 0 Å². The van der Waals surface area contributed by atoms with Crippen molar-refractivity contribution in [3.63, 3.8) is 0 Å². The molecule has 94 valence electrons. The lowest BCUT2D eigenvalue weighted by Gasteiger charge is -2.13. The number of hydrogen-bond donors (Lipinski definition) is 2. The number of rotatable bonds is 5. The molecule has 0 aromatic heterocycles. The van der Waals surface area contributed by atoms with Gasteiger partial charge >= 0.3 is 0 Å². The van der Waals surface area contributed by atoms with E-state index in [1.54, 1.807) is 0 Å². The third kappa shape index (κ3) is 3.55. The third-order valence-electron chi connectivity index (χ3n) is 3.78. The zero-order chi connectivity index (χ0) is 12.1. The van der Waals surface area contributed by atoms with E-state index in [2.05, 4.69) is 18.2 Å². The first-order valence-corrected chi connectivity index (χ1v) is 6.76. The molecule has 1 saturated carbocycles. The van der Waals surface area contributed by atoms with Crippen molar-refractivity contribution in [1.82, 2.24) is 0 Å². The highest BCUT2D eigenvalue weighted by Crippen LogP contribution is 2.28. The molecule has 1 aromatic rings. The number of benzene rings is 1. The Kier molecular flexibility index (Phi) is 4.57. The van der Waals surface area contributed by atoms with Crippen molar-refractivity contribution in [3.05, 3.63) is 35.4 Å². The summed E-state index contributed by atoms with van der Waals surface area (Å²) >= 11 is 0. The van der Waals surface area contributed by atoms with Gasteiger partial charge in [-0.3, -0.25) is 0 Å². The van der Waals surface area contributed by atoms with E-state index in [1.807, 2.05) is 6.07 Å². The summed E-state index contributed by atoms with van der Waals surface area (Å²) in [6.07, 6.45) is 6.94. The van der Waals surface area contributed by atoms with Crippen LogP contribution in [0.3, 0.4) is 0 Å². The monoisotopic (exact) mass is 233 g/mol. The zero-order valence-corrected chi connectivity index (χ0v) is 10.4. The molecule has 3 N–H and O–H groups in total. The fourth-order valence-electron chi connectivity index (χ4n) is 2.80. The number of hydrogen-bond acceptors (Lipinski definition) is 2. The molecule has 0 radical (unpaired) electrons. The molecule has 0 saturated heterocycles. The highest BCUT2D eigenvalue weighted by atomic mass is 16.3. The normalized spacial score (nSPS) is 18.5. The molecule has 1 fully saturated rings. The standard InChI is InChI=1S/C15H23NO/c16-9-8-15(17)14-7-3-6-13(11-14)10-12-4-1-2-5-12/h3,6-7,11-12,15,17H,1-2,4-5,8-10,16H2. The molecule has 1 aliphatic rings. The van der Waals surface area contributed by atoms with Gasteiger partial charge in [-0.1, -0.05) is 49.9 Å². The van der Waals surface area contributed by atoms with E-state index in [0.29, 0.717) is 13.0 Å². The molecule has 2 nitrogen and oxygen atoms in total. The minimum atomic E-state index is -0.400. The van der Waals surface area contributed by atoms with E-state index in [9.17, 15) is 5.11 Å². The minimum Gasteiger partial charge on any atom is -0.388 e. The molecule has 2 heteroatoms. The Hall–Kier alpha value is -0.860. The molecule has 0 spiro atoms. The van der Waals surface area contributed by atoms with Crippen LogP contribution in [0.1, 0.15) is 49.3 Å². The predicted octanol–water partition coefficient (Wildman–Crippen LogP) is 2.80. The van der Waals surface area contributed by atoms with Crippen LogP contribution in [-0.4, -0.2) is 11.7 Å². The average Bonchev–Trinajstić information content (AvgIpc) is 2.82. The predicted molar refractivity (Wildman–Crippen MR) is 70.7 cm³/mol. The molecule has 0 amide bonds. The Morgan fingerprint density at radius 2 is 2.06 bits per heavy atom. The topological polar surface area (TPSA) is 46.2 Å². The summed E-state index contributed by atoms with van der Waals surface area (Å²) in [6.45, 7) is 0.536. The van der Waals surface area contributed by atoms with Crippen LogP contribution < -0.4 is 5.73 Å². The van der Waals surface area contributed by atoms with Crippen molar-refractivity contribution in [2.75, 3.05) is 6.54 Å². The first-order chi connectivity index (χ1) is 8.29. The van der Waals surface area contributed by atoms with Crippen LogP contribution in [0.15, 0.2) is 24.3 Å². The summed E-state index contributed by atoms with van der Waals surface area (Å²) in [5, 5.41) is 9.93. The third-order valence-corrected chi connectivity index (χ3v) is 3.78. The summed E-state index contributed by atoms with van der Waals surface area (Å²) in [5.41, 5.74) is 7.86. The highest BCUT2D eigenvalue weighted by Gasteiger charge is 2.16. The number of aliphatic hydroxyl groups excluding tert-OH is 1. The van der Waals surface area contributed by atoms with E-state index in [0.717, 1.165) is 11.5 Å². The van der Waals surface area contributed by atoms with Crippen molar-refractivity contribution in [2.24, 2.45) is 11.7 Å². The molecule has 0 heterocycles. The SMILES string of the molecule is NCCC(O)c1cccc(CC2CCCC2)c1. The lowest BCUT2D eigenvalue weighted by Crippen LogP contribution is -2.07. The van der Waals surface area contributed by atoms with Gasteiger partial charge in [-0.2, -0.15) is 0 Å². The van der Waals surface area contributed by atoms with Crippen molar-refractivity contribution in [2.45, 2.75) is 44.6 Å². The van der Waals surface area contributed by atoms with Crippen LogP contribution >= 0.6 is 0 Å². The molecule has 0 bridgehead atoms. The van der Waals surface area contributed by atoms with E-state index < -0.39 is 6.10 Å². The molecule has 2 rings (SSSR count). The maximum absolute atomic E-state index is 9.93. The molecule has 1 atom stereocenters. The molecule has 17 heavy (non-hydrogen) atoms. The molecular weight excluding hydrogens is 210 g/mol. The van der Waals surface area contributed by atoms with Crippen molar-refractivity contribution in [3.8, 4) is 0 Å². The van der Waals surface area contributed by atoms with Crippen LogP contribution in [0.25, 0.3) is 0 Å². The molecular formula is C15H23NO. The Bertz CT molecular complexity index is 345. The number of nitrogens with two attached hydrogens (primary N) is 1. The Labute approximate surface area is 104 Å². The summed E-state index contributed by atoms with van der Waals surface area (Å²) in [5.74, 6) is 0.858. The zero-order valence-electron chi connectivity index (χ0n) is 10.4. The largest absolute Gasteiger partial charge is 0.388 e. The van der Waals surface area contributed by atoms with Crippen molar-refractivity contribution < 1.29 is 5.11 Å². The van der Waals surface area contributed by atoms with Gasteiger partial charge in [0.15, 0.2) is 0 Å². The van der Waals surface area contributed by atoms with Gasteiger partial charge in [0.25, 0.3) is 0 Å². The van der Waals surface area contributed by atoms with Gasteiger partial charge in [-0.05, 0) is 36.4 Å². The maximum Gasteiger partial charge on any atom is 0.0802 e. The van der Waals surface area contributed by atoms with E-state index in [-0.39, 0.29) is 0 Å². The van der Waals surface area contributed by atoms with Gasteiger partial charge in [0, 0.05) is 0 Å². The fraction of sp³-hybridized carbons (Fsp3) is 0.600. The van der Waals surface area contributed by atoms with Gasteiger partial charge in [-0.25, -0.2) is 0 Å². The molecule has 1 aromatic carbocycles. The smallest absolute Gasteiger partial charge is 0.0802 e. The van der Waals surface area contributed by atoms with Crippen LogP contribution in [0.4, 0.5) is 0 Å².